The van der Waals surface area contributed by atoms with E-state index in [9.17, 15) is 14.4 Å². The number of rotatable bonds is 3. The first-order chi connectivity index (χ1) is 14.5. The smallest absolute Gasteiger partial charge is 0.262 e. The molecule has 2 aliphatic heterocycles. The Balaban J connectivity index is 1.32. The van der Waals surface area contributed by atoms with Crippen LogP contribution in [0.1, 0.15) is 50.9 Å². The molecule has 1 atom stereocenters. The Morgan fingerprint density at radius 3 is 2.80 bits per heavy atom. The van der Waals surface area contributed by atoms with Crippen molar-refractivity contribution < 1.29 is 14.4 Å². The van der Waals surface area contributed by atoms with Gasteiger partial charge >= 0.3 is 0 Å². The van der Waals surface area contributed by atoms with Gasteiger partial charge in [-0.1, -0.05) is 17.7 Å². The average Bonchev–Trinajstić information content (AvgIpc) is 3.29. The van der Waals surface area contributed by atoms with Crippen LogP contribution in [0.3, 0.4) is 0 Å². The van der Waals surface area contributed by atoms with Crippen LogP contribution in [0.2, 0.25) is 0 Å². The Hall–Kier alpha value is -3.55. The van der Waals surface area contributed by atoms with Crippen LogP contribution in [0, 0.1) is 6.92 Å². The van der Waals surface area contributed by atoms with Crippen molar-refractivity contribution >= 4 is 23.4 Å². The highest BCUT2D eigenvalue weighted by atomic mass is 16.2. The van der Waals surface area contributed by atoms with Crippen molar-refractivity contribution in [2.24, 2.45) is 0 Å². The number of hydrogen-bond acceptors (Lipinski definition) is 5. The molecule has 1 fully saturated rings. The van der Waals surface area contributed by atoms with E-state index in [0.717, 1.165) is 34.8 Å². The molecular formula is C22H21N5O3. The molecule has 1 aromatic carbocycles. The van der Waals surface area contributed by atoms with E-state index in [-0.39, 0.29) is 18.4 Å². The van der Waals surface area contributed by atoms with Gasteiger partial charge in [0, 0.05) is 25.2 Å². The van der Waals surface area contributed by atoms with Crippen molar-refractivity contribution in [2.45, 2.75) is 25.7 Å². The van der Waals surface area contributed by atoms with E-state index in [1.165, 1.54) is 0 Å². The molecule has 1 unspecified atom stereocenters. The molecule has 3 amide bonds. The maximum Gasteiger partial charge on any atom is 0.262 e. The van der Waals surface area contributed by atoms with Crippen LogP contribution >= 0.6 is 0 Å². The number of piperidine rings is 1. The first-order valence-corrected chi connectivity index (χ1v) is 10.1. The number of aromatic nitrogens is 3. The first kappa shape index (κ1) is 18.5. The van der Waals surface area contributed by atoms with E-state index in [0.29, 0.717) is 24.2 Å². The lowest BCUT2D eigenvalue weighted by Gasteiger charge is -2.32. The normalized spacial score (nSPS) is 18.9. The van der Waals surface area contributed by atoms with Gasteiger partial charge in [-0.2, -0.15) is 0 Å². The van der Waals surface area contributed by atoms with Crippen LogP contribution in [0.4, 0.5) is 0 Å². The molecule has 0 N–H and O–H groups in total. The third-order valence-electron chi connectivity index (χ3n) is 5.90. The number of nitrogens with zero attached hydrogens (tertiary/aromatic N) is 5. The fourth-order valence-corrected chi connectivity index (χ4v) is 4.34. The summed E-state index contributed by atoms with van der Waals surface area (Å²) >= 11 is 0. The monoisotopic (exact) mass is 403 g/mol. The third kappa shape index (κ3) is 2.96. The average molecular weight is 403 g/mol. The molecule has 8 nitrogen and oxygen atoms in total. The molecule has 3 aromatic rings. The van der Waals surface area contributed by atoms with Gasteiger partial charge in [0.15, 0.2) is 5.65 Å². The Kier molecular flexibility index (Phi) is 4.34. The molecule has 30 heavy (non-hydrogen) atoms. The van der Waals surface area contributed by atoms with Crippen molar-refractivity contribution in [3.63, 3.8) is 0 Å². The van der Waals surface area contributed by atoms with Crippen LogP contribution in [0.15, 0.2) is 42.6 Å². The number of likely N-dealkylation sites (tertiary alicyclic amines) is 1. The minimum absolute atomic E-state index is 0.0601. The standard InChI is InChI=1S/C22H21N5O3/c1-14-7-8-16-17(11-14)22(30)27(21(16)29)13-19(28)25-9-4-5-15(12-25)20-24-23-18-6-2-3-10-26(18)20/h2-3,6-8,10-11,15H,4-5,9,12-13H2,1H3. The molecule has 0 radical (unpaired) electrons. The number of fused-ring (bicyclic) bond motifs is 2. The van der Waals surface area contributed by atoms with Crippen molar-refractivity contribution in [1.82, 2.24) is 24.4 Å². The molecule has 1 saturated heterocycles. The van der Waals surface area contributed by atoms with E-state index in [1.807, 2.05) is 35.7 Å². The van der Waals surface area contributed by atoms with Gasteiger partial charge in [0.25, 0.3) is 11.8 Å². The third-order valence-corrected chi connectivity index (χ3v) is 5.90. The molecule has 8 heteroatoms. The van der Waals surface area contributed by atoms with Gasteiger partial charge in [0.1, 0.15) is 12.4 Å². The van der Waals surface area contributed by atoms with E-state index in [4.69, 9.17) is 0 Å². The second kappa shape index (κ2) is 7.05. The van der Waals surface area contributed by atoms with Gasteiger partial charge in [0.2, 0.25) is 5.91 Å². The van der Waals surface area contributed by atoms with Crippen molar-refractivity contribution in [2.75, 3.05) is 19.6 Å². The van der Waals surface area contributed by atoms with Crippen molar-refractivity contribution in [1.29, 1.82) is 0 Å². The first-order valence-electron chi connectivity index (χ1n) is 10.1. The Labute approximate surface area is 173 Å². The highest BCUT2D eigenvalue weighted by Crippen LogP contribution is 2.27. The van der Waals surface area contributed by atoms with Crippen LogP contribution in [0.5, 0.6) is 0 Å². The van der Waals surface area contributed by atoms with E-state index >= 15 is 0 Å². The summed E-state index contributed by atoms with van der Waals surface area (Å²) < 4.78 is 1.95. The minimum atomic E-state index is -0.402. The topological polar surface area (TPSA) is 87.9 Å². The number of carbonyl (C=O) groups is 3. The Bertz CT molecular complexity index is 1180. The summed E-state index contributed by atoms with van der Waals surface area (Å²) in [6, 6.07) is 10.9. The second-order valence-corrected chi connectivity index (χ2v) is 7.91. The fraction of sp³-hybridized carbons (Fsp3) is 0.318. The SMILES string of the molecule is Cc1ccc2c(c1)C(=O)N(CC(=O)N1CCCC(c3nnc4ccccn34)C1)C2=O. The lowest BCUT2D eigenvalue weighted by Crippen LogP contribution is -2.46. The molecule has 2 aromatic heterocycles. The minimum Gasteiger partial charge on any atom is -0.340 e. The summed E-state index contributed by atoms with van der Waals surface area (Å²) in [4.78, 5) is 41.1. The number of imide groups is 1. The lowest BCUT2D eigenvalue weighted by atomic mass is 9.97. The molecule has 5 rings (SSSR count). The quantitative estimate of drug-likeness (QED) is 0.625. The summed E-state index contributed by atoms with van der Waals surface area (Å²) in [6.45, 7) is 2.73. The molecule has 152 valence electrons. The predicted molar refractivity (Wildman–Crippen MR) is 108 cm³/mol. The van der Waals surface area contributed by atoms with E-state index in [2.05, 4.69) is 10.2 Å². The molecule has 4 heterocycles. The number of pyridine rings is 1. The molecular weight excluding hydrogens is 382 g/mol. The zero-order valence-corrected chi connectivity index (χ0v) is 16.6. The number of aryl methyl sites for hydroxylation is 1. The van der Waals surface area contributed by atoms with Gasteiger partial charge in [0.05, 0.1) is 11.1 Å². The second-order valence-electron chi connectivity index (χ2n) is 7.91. The predicted octanol–water partition coefficient (Wildman–Crippen LogP) is 2.04. The highest BCUT2D eigenvalue weighted by molar-refractivity contribution is 6.22. The van der Waals surface area contributed by atoms with Crippen molar-refractivity contribution in [3.8, 4) is 0 Å². The maximum absolute atomic E-state index is 13.0. The zero-order chi connectivity index (χ0) is 20.8. The van der Waals surface area contributed by atoms with Gasteiger partial charge in [-0.15, -0.1) is 10.2 Å². The molecule has 0 saturated carbocycles. The van der Waals surface area contributed by atoms with Crippen LogP contribution in [-0.2, 0) is 4.79 Å². The molecule has 0 spiro atoms. The van der Waals surface area contributed by atoms with E-state index in [1.54, 1.807) is 23.1 Å². The number of carbonyl (C=O) groups excluding carboxylic acids is 3. The number of hydrogen-bond donors (Lipinski definition) is 0. The summed E-state index contributed by atoms with van der Waals surface area (Å²) in [7, 11) is 0. The summed E-state index contributed by atoms with van der Waals surface area (Å²) in [5, 5.41) is 8.54. The van der Waals surface area contributed by atoms with E-state index < -0.39 is 11.8 Å². The zero-order valence-electron chi connectivity index (χ0n) is 16.6. The summed E-state index contributed by atoms with van der Waals surface area (Å²) in [6.07, 6.45) is 3.66. The Morgan fingerprint density at radius 1 is 1.10 bits per heavy atom. The molecule has 0 bridgehead atoms. The molecule has 0 aliphatic carbocycles. The fourth-order valence-electron chi connectivity index (χ4n) is 4.34. The van der Waals surface area contributed by atoms with Crippen LogP contribution < -0.4 is 0 Å². The highest BCUT2D eigenvalue weighted by Gasteiger charge is 2.38. The molecule has 2 aliphatic rings. The van der Waals surface area contributed by atoms with Gasteiger partial charge in [-0.3, -0.25) is 23.7 Å². The summed E-state index contributed by atoms with van der Waals surface area (Å²) in [5.41, 5.74) is 2.42. The van der Waals surface area contributed by atoms with Gasteiger partial charge < -0.3 is 4.90 Å². The largest absolute Gasteiger partial charge is 0.340 e. The summed E-state index contributed by atoms with van der Waals surface area (Å²) in [5.74, 6) is -0.131. The van der Waals surface area contributed by atoms with Crippen molar-refractivity contribution in [3.05, 3.63) is 65.1 Å². The number of amides is 3. The van der Waals surface area contributed by atoms with Gasteiger partial charge in [-0.25, -0.2) is 0 Å². The maximum atomic E-state index is 13.0. The Morgan fingerprint density at radius 2 is 1.93 bits per heavy atom. The van der Waals surface area contributed by atoms with Crippen LogP contribution in [-0.4, -0.2) is 61.8 Å². The number of benzene rings is 1. The van der Waals surface area contributed by atoms with Crippen LogP contribution in [0.25, 0.3) is 5.65 Å². The van der Waals surface area contributed by atoms with Gasteiger partial charge in [-0.05, 0) is 44.0 Å². The lowest BCUT2D eigenvalue weighted by molar-refractivity contribution is -0.132.